The van der Waals surface area contributed by atoms with E-state index in [1.807, 2.05) is 13.1 Å². The summed E-state index contributed by atoms with van der Waals surface area (Å²) in [7, 11) is 0. The molecule has 8 heteroatoms. The third-order valence-corrected chi connectivity index (χ3v) is 5.04. The molecule has 2 aromatic rings. The maximum absolute atomic E-state index is 11.3. The van der Waals surface area contributed by atoms with Crippen LogP contribution >= 0.6 is 23.2 Å². The van der Waals surface area contributed by atoms with Crippen LogP contribution in [0.2, 0.25) is 10.0 Å². The predicted octanol–water partition coefficient (Wildman–Crippen LogP) is 3.26. The molecule has 128 valence electrons. The molecule has 0 saturated carbocycles. The number of likely N-dealkylation sites (tertiary alicyclic amines) is 1. The summed E-state index contributed by atoms with van der Waals surface area (Å²) in [5.41, 5.74) is 1.48. The molecule has 1 fully saturated rings. The first kappa shape index (κ1) is 17.2. The van der Waals surface area contributed by atoms with Gasteiger partial charge in [-0.1, -0.05) is 28.4 Å². The Bertz CT molecular complexity index is 749. The van der Waals surface area contributed by atoms with Crippen LogP contribution in [-0.2, 0) is 11.3 Å². The van der Waals surface area contributed by atoms with Crippen molar-refractivity contribution in [2.24, 2.45) is 5.92 Å². The van der Waals surface area contributed by atoms with Crippen molar-refractivity contribution in [2.75, 3.05) is 6.54 Å². The number of aliphatic carboxylic acids is 1. The quantitative estimate of drug-likeness (QED) is 0.896. The Morgan fingerprint density at radius 3 is 2.92 bits per heavy atom. The number of carboxylic acid groups (broad SMARTS) is 1. The molecule has 0 unspecified atom stereocenters. The number of hydrogen-bond acceptors (Lipinski definition) is 4. The molecular weight excluding hydrogens is 351 g/mol. The molecule has 0 aliphatic carbocycles. The minimum atomic E-state index is -0.733. The van der Waals surface area contributed by atoms with E-state index >= 15 is 0 Å². The minimum absolute atomic E-state index is 0.0273. The standard InChI is InChI=1S/C16H18Cl2N4O2/c1-10-13(16(23)24)3-2-6-21(10)8-12-9-22(20-19-12)15-5-4-11(17)7-14(15)18/h4-5,7,9-10,13H,2-3,6,8H2,1H3,(H,23,24)/t10-,13-/m1/s1. The monoisotopic (exact) mass is 368 g/mol. The van der Waals surface area contributed by atoms with Crippen molar-refractivity contribution in [2.45, 2.75) is 32.4 Å². The number of aromatic nitrogens is 3. The van der Waals surface area contributed by atoms with E-state index in [1.165, 1.54) is 0 Å². The Kier molecular flexibility index (Phi) is 5.08. The van der Waals surface area contributed by atoms with Crippen LogP contribution in [-0.4, -0.2) is 43.6 Å². The largest absolute Gasteiger partial charge is 0.481 e. The lowest BCUT2D eigenvalue weighted by molar-refractivity contribution is -0.145. The molecule has 0 spiro atoms. The first-order chi connectivity index (χ1) is 11.5. The van der Waals surface area contributed by atoms with E-state index in [1.54, 1.807) is 22.9 Å². The summed E-state index contributed by atoms with van der Waals surface area (Å²) in [6.45, 7) is 3.38. The zero-order chi connectivity index (χ0) is 17.3. The van der Waals surface area contributed by atoms with E-state index in [0.29, 0.717) is 22.3 Å². The molecule has 24 heavy (non-hydrogen) atoms. The molecule has 2 atom stereocenters. The molecule has 1 aromatic carbocycles. The number of rotatable bonds is 4. The molecule has 3 rings (SSSR count). The molecule has 6 nitrogen and oxygen atoms in total. The van der Waals surface area contributed by atoms with Crippen molar-refractivity contribution in [3.8, 4) is 5.69 Å². The number of hydrogen-bond donors (Lipinski definition) is 1. The lowest BCUT2D eigenvalue weighted by Gasteiger charge is -2.36. The van der Waals surface area contributed by atoms with Crippen LogP contribution in [0.1, 0.15) is 25.5 Å². The number of carbonyl (C=O) groups is 1. The molecular formula is C16H18Cl2N4O2. The highest BCUT2D eigenvalue weighted by atomic mass is 35.5. The first-order valence-corrected chi connectivity index (χ1v) is 8.55. The second-order valence-electron chi connectivity index (χ2n) is 6.05. The number of carboxylic acids is 1. The maximum Gasteiger partial charge on any atom is 0.308 e. The van der Waals surface area contributed by atoms with E-state index in [0.717, 1.165) is 25.1 Å². The second-order valence-corrected chi connectivity index (χ2v) is 6.89. The summed E-state index contributed by atoms with van der Waals surface area (Å²) in [5, 5.41) is 18.7. The van der Waals surface area contributed by atoms with Gasteiger partial charge in [0.05, 0.1) is 28.5 Å². The predicted molar refractivity (Wildman–Crippen MR) is 91.6 cm³/mol. The SMILES string of the molecule is C[C@@H]1[C@H](C(=O)O)CCCN1Cc1cn(-c2ccc(Cl)cc2Cl)nn1. The van der Waals surface area contributed by atoms with Crippen LogP contribution in [0.5, 0.6) is 0 Å². The van der Waals surface area contributed by atoms with E-state index < -0.39 is 5.97 Å². The minimum Gasteiger partial charge on any atom is -0.481 e. The van der Waals surface area contributed by atoms with Crippen molar-refractivity contribution in [3.05, 3.63) is 40.1 Å². The van der Waals surface area contributed by atoms with Gasteiger partial charge in [-0.05, 0) is 44.5 Å². The summed E-state index contributed by atoms with van der Waals surface area (Å²) in [4.78, 5) is 13.5. The molecule has 0 amide bonds. The van der Waals surface area contributed by atoms with Gasteiger partial charge >= 0.3 is 5.97 Å². The average Bonchev–Trinajstić information content (AvgIpc) is 2.97. The third-order valence-electron chi connectivity index (χ3n) is 4.50. The van der Waals surface area contributed by atoms with Crippen LogP contribution in [0.15, 0.2) is 24.4 Å². The van der Waals surface area contributed by atoms with Gasteiger partial charge in [0.2, 0.25) is 0 Å². The van der Waals surface area contributed by atoms with E-state index in [2.05, 4.69) is 15.2 Å². The van der Waals surface area contributed by atoms with Gasteiger partial charge in [0, 0.05) is 17.6 Å². The zero-order valence-corrected chi connectivity index (χ0v) is 14.7. The Balaban J connectivity index is 1.75. The third kappa shape index (κ3) is 3.55. The van der Waals surface area contributed by atoms with Crippen LogP contribution in [0.25, 0.3) is 5.69 Å². The van der Waals surface area contributed by atoms with Gasteiger partial charge in [-0.25, -0.2) is 4.68 Å². The van der Waals surface area contributed by atoms with Crippen LogP contribution in [0, 0.1) is 5.92 Å². The van der Waals surface area contributed by atoms with Gasteiger partial charge in [-0.3, -0.25) is 9.69 Å². The Labute approximate surface area is 150 Å². The normalized spacial score (nSPS) is 21.8. The second kappa shape index (κ2) is 7.09. The van der Waals surface area contributed by atoms with Gasteiger partial charge in [0.1, 0.15) is 0 Å². The molecule has 0 radical (unpaired) electrons. The molecule has 1 N–H and O–H groups in total. The Morgan fingerprint density at radius 1 is 1.42 bits per heavy atom. The Morgan fingerprint density at radius 2 is 2.21 bits per heavy atom. The van der Waals surface area contributed by atoms with Crippen molar-refractivity contribution >= 4 is 29.2 Å². The molecule has 1 saturated heterocycles. The molecule has 1 aromatic heterocycles. The fourth-order valence-corrected chi connectivity index (χ4v) is 3.63. The lowest BCUT2D eigenvalue weighted by atomic mass is 9.90. The highest BCUT2D eigenvalue weighted by Crippen LogP contribution is 2.26. The van der Waals surface area contributed by atoms with Gasteiger partial charge in [0.15, 0.2) is 0 Å². The van der Waals surface area contributed by atoms with Crippen molar-refractivity contribution in [3.63, 3.8) is 0 Å². The average molecular weight is 369 g/mol. The molecule has 0 bridgehead atoms. The van der Waals surface area contributed by atoms with Gasteiger partial charge in [-0.2, -0.15) is 0 Å². The van der Waals surface area contributed by atoms with E-state index in [-0.39, 0.29) is 12.0 Å². The number of nitrogens with zero attached hydrogens (tertiary/aromatic N) is 4. The maximum atomic E-state index is 11.3. The van der Waals surface area contributed by atoms with Crippen LogP contribution < -0.4 is 0 Å². The fourth-order valence-electron chi connectivity index (χ4n) is 3.13. The first-order valence-electron chi connectivity index (χ1n) is 7.79. The van der Waals surface area contributed by atoms with Crippen LogP contribution in [0.3, 0.4) is 0 Å². The van der Waals surface area contributed by atoms with Crippen molar-refractivity contribution < 1.29 is 9.90 Å². The van der Waals surface area contributed by atoms with Crippen LogP contribution in [0.4, 0.5) is 0 Å². The number of benzene rings is 1. The molecule has 2 heterocycles. The van der Waals surface area contributed by atoms with Crippen molar-refractivity contribution in [1.82, 2.24) is 19.9 Å². The highest BCUT2D eigenvalue weighted by Gasteiger charge is 2.33. The smallest absolute Gasteiger partial charge is 0.308 e. The lowest BCUT2D eigenvalue weighted by Crippen LogP contribution is -2.45. The molecule has 1 aliphatic heterocycles. The van der Waals surface area contributed by atoms with Gasteiger partial charge in [0.25, 0.3) is 0 Å². The van der Waals surface area contributed by atoms with E-state index in [4.69, 9.17) is 23.2 Å². The fraction of sp³-hybridized carbons (Fsp3) is 0.438. The Hall–Kier alpha value is -1.63. The number of piperidine rings is 1. The summed E-state index contributed by atoms with van der Waals surface area (Å²) in [5.74, 6) is -1.07. The topological polar surface area (TPSA) is 71.2 Å². The van der Waals surface area contributed by atoms with Gasteiger partial charge in [-0.15, -0.1) is 5.10 Å². The summed E-state index contributed by atoms with van der Waals surface area (Å²) in [6, 6.07) is 5.16. The van der Waals surface area contributed by atoms with Crippen molar-refractivity contribution in [1.29, 1.82) is 0 Å². The summed E-state index contributed by atoms with van der Waals surface area (Å²) < 4.78 is 1.61. The summed E-state index contributed by atoms with van der Waals surface area (Å²) >= 11 is 12.1. The van der Waals surface area contributed by atoms with Gasteiger partial charge < -0.3 is 5.11 Å². The summed E-state index contributed by atoms with van der Waals surface area (Å²) in [6.07, 6.45) is 3.41. The van der Waals surface area contributed by atoms with E-state index in [9.17, 15) is 9.90 Å². The highest BCUT2D eigenvalue weighted by molar-refractivity contribution is 6.35. The number of halogens is 2. The molecule has 1 aliphatic rings. The zero-order valence-electron chi connectivity index (χ0n) is 13.2.